The van der Waals surface area contributed by atoms with E-state index in [0.717, 1.165) is 12.0 Å². The lowest BCUT2D eigenvalue weighted by atomic mass is 9.87. The van der Waals surface area contributed by atoms with Crippen molar-refractivity contribution in [1.82, 2.24) is 0 Å². The molecule has 0 aromatic heterocycles. The summed E-state index contributed by atoms with van der Waals surface area (Å²) in [6.45, 7) is 3.01. The van der Waals surface area contributed by atoms with E-state index in [2.05, 4.69) is 0 Å². The zero-order valence-corrected chi connectivity index (χ0v) is 11.0. The van der Waals surface area contributed by atoms with E-state index in [1.54, 1.807) is 0 Å². The Morgan fingerprint density at radius 1 is 1.37 bits per heavy atom. The molecule has 0 radical (unpaired) electrons. The van der Waals surface area contributed by atoms with E-state index in [0.29, 0.717) is 24.7 Å². The van der Waals surface area contributed by atoms with Crippen molar-refractivity contribution < 1.29 is 19.4 Å². The van der Waals surface area contributed by atoms with Gasteiger partial charge in [0.2, 0.25) is 0 Å². The molecule has 0 spiro atoms. The van der Waals surface area contributed by atoms with E-state index in [4.69, 9.17) is 20.3 Å². The molecule has 0 saturated carbocycles. The lowest BCUT2D eigenvalue weighted by molar-refractivity contribution is -0.137. The summed E-state index contributed by atoms with van der Waals surface area (Å²) >= 11 is 0. The molecule has 1 aliphatic rings. The molecule has 1 heterocycles. The van der Waals surface area contributed by atoms with Crippen LogP contribution < -0.4 is 15.2 Å². The smallest absolute Gasteiger partial charge is 0.304 e. The van der Waals surface area contributed by atoms with Crippen molar-refractivity contribution in [3.63, 3.8) is 0 Å². The van der Waals surface area contributed by atoms with Gasteiger partial charge in [-0.25, -0.2) is 0 Å². The number of ether oxygens (including phenoxy) is 2. The minimum atomic E-state index is -0.844. The number of hydrogen-bond donors (Lipinski definition) is 2. The number of fused-ring (bicyclic) bond motifs is 1. The Labute approximate surface area is 112 Å². The standard InChI is InChI=1S/C14H19NO4/c1-2-11(15)10(8-14(16)17)9-3-4-12-13(7-9)19-6-5-18-12/h3-4,7,10-11H,2,5-6,8,15H2,1H3,(H,16,17). The number of carboxylic acid groups (broad SMARTS) is 1. The largest absolute Gasteiger partial charge is 0.486 e. The Morgan fingerprint density at radius 3 is 2.68 bits per heavy atom. The van der Waals surface area contributed by atoms with Crippen molar-refractivity contribution in [2.45, 2.75) is 31.7 Å². The minimum Gasteiger partial charge on any atom is -0.486 e. The molecule has 5 nitrogen and oxygen atoms in total. The average molecular weight is 265 g/mol. The van der Waals surface area contributed by atoms with Gasteiger partial charge in [0.1, 0.15) is 13.2 Å². The zero-order chi connectivity index (χ0) is 13.8. The lowest BCUT2D eigenvalue weighted by Crippen LogP contribution is -2.29. The van der Waals surface area contributed by atoms with Crippen LogP contribution in [0.15, 0.2) is 18.2 Å². The van der Waals surface area contributed by atoms with Crippen LogP contribution in [0, 0.1) is 0 Å². The highest BCUT2D eigenvalue weighted by molar-refractivity contribution is 5.68. The van der Waals surface area contributed by atoms with Crippen molar-refractivity contribution in [3.05, 3.63) is 23.8 Å². The van der Waals surface area contributed by atoms with E-state index >= 15 is 0 Å². The van der Waals surface area contributed by atoms with Gasteiger partial charge in [-0.05, 0) is 24.1 Å². The second-order valence-electron chi connectivity index (χ2n) is 4.68. The summed E-state index contributed by atoms with van der Waals surface area (Å²) < 4.78 is 11.0. The van der Waals surface area contributed by atoms with Gasteiger partial charge in [-0.2, -0.15) is 0 Å². The van der Waals surface area contributed by atoms with Crippen molar-refractivity contribution in [2.24, 2.45) is 5.73 Å². The first-order valence-corrected chi connectivity index (χ1v) is 6.48. The summed E-state index contributed by atoms with van der Waals surface area (Å²) in [6.07, 6.45) is 0.751. The maximum Gasteiger partial charge on any atom is 0.304 e. The molecule has 0 bridgehead atoms. The molecular weight excluding hydrogens is 246 g/mol. The van der Waals surface area contributed by atoms with Crippen molar-refractivity contribution in [1.29, 1.82) is 0 Å². The van der Waals surface area contributed by atoms with Gasteiger partial charge in [0.15, 0.2) is 11.5 Å². The van der Waals surface area contributed by atoms with Gasteiger partial charge >= 0.3 is 5.97 Å². The number of aliphatic carboxylic acids is 1. The average Bonchev–Trinajstić information content (AvgIpc) is 2.43. The number of nitrogens with two attached hydrogens (primary N) is 1. The van der Waals surface area contributed by atoms with Crippen LogP contribution in [0.2, 0.25) is 0 Å². The van der Waals surface area contributed by atoms with Crippen LogP contribution in [0.1, 0.15) is 31.2 Å². The Balaban J connectivity index is 2.28. The molecule has 0 fully saturated rings. The van der Waals surface area contributed by atoms with Gasteiger partial charge in [0.25, 0.3) is 0 Å². The molecule has 19 heavy (non-hydrogen) atoms. The molecule has 1 aliphatic heterocycles. The summed E-state index contributed by atoms with van der Waals surface area (Å²) in [5, 5.41) is 9.02. The third-order valence-corrected chi connectivity index (χ3v) is 3.38. The molecule has 5 heteroatoms. The monoisotopic (exact) mass is 265 g/mol. The first kappa shape index (κ1) is 13.7. The van der Waals surface area contributed by atoms with E-state index in [9.17, 15) is 4.79 Å². The van der Waals surface area contributed by atoms with E-state index in [1.165, 1.54) is 0 Å². The first-order valence-electron chi connectivity index (χ1n) is 6.48. The van der Waals surface area contributed by atoms with Crippen molar-refractivity contribution in [3.8, 4) is 11.5 Å². The number of carboxylic acids is 1. The maximum atomic E-state index is 11.0. The predicted octanol–water partition coefficient (Wildman–Crippen LogP) is 1.75. The second-order valence-corrected chi connectivity index (χ2v) is 4.68. The topological polar surface area (TPSA) is 81.8 Å². The number of benzene rings is 1. The molecule has 104 valence electrons. The molecule has 2 atom stereocenters. The summed E-state index contributed by atoms with van der Waals surface area (Å²) in [6, 6.07) is 5.36. The summed E-state index contributed by atoms with van der Waals surface area (Å²) in [7, 11) is 0. The van der Waals surface area contributed by atoms with E-state index in [-0.39, 0.29) is 18.4 Å². The number of hydrogen-bond acceptors (Lipinski definition) is 4. The van der Waals surface area contributed by atoms with Gasteiger partial charge in [0.05, 0.1) is 6.42 Å². The quantitative estimate of drug-likeness (QED) is 0.847. The van der Waals surface area contributed by atoms with E-state index < -0.39 is 5.97 Å². The van der Waals surface area contributed by atoms with Crippen molar-refractivity contribution >= 4 is 5.97 Å². The Morgan fingerprint density at radius 2 is 2.05 bits per heavy atom. The molecule has 1 aromatic carbocycles. The third-order valence-electron chi connectivity index (χ3n) is 3.38. The molecule has 0 amide bonds. The van der Waals surface area contributed by atoms with Crippen LogP contribution in [0.4, 0.5) is 0 Å². The van der Waals surface area contributed by atoms with Gasteiger partial charge < -0.3 is 20.3 Å². The maximum absolute atomic E-state index is 11.0. The highest BCUT2D eigenvalue weighted by Gasteiger charge is 2.23. The van der Waals surface area contributed by atoms with Gasteiger partial charge in [0, 0.05) is 12.0 Å². The van der Waals surface area contributed by atoms with Gasteiger partial charge in [-0.15, -0.1) is 0 Å². The number of rotatable bonds is 5. The van der Waals surface area contributed by atoms with Crippen LogP contribution >= 0.6 is 0 Å². The summed E-state index contributed by atoms with van der Waals surface area (Å²) in [4.78, 5) is 11.0. The summed E-state index contributed by atoms with van der Waals surface area (Å²) in [5.74, 6) is 0.318. The SMILES string of the molecule is CCC(N)C(CC(=O)O)c1ccc2c(c1)OCCO2. The lowest BCUT2D eigenvalue weighted by Gasteiger charge is -2.24. The third kappa shape index (κ3) is 3.17. The molecule has 1 aromatic rings. The second kappa shape index (κ2) is 5.93. The first-order chi connectivity index (χ1) is 9.11. The fourth-order valence-corrected chi connectivity index (χ4v) is 2.28. The molecule has 3 N–H and O–H groups in total. The molecule has 0 aliphatic carbocycles. The Hall–Kier alpha value is -1.75. The van der Waals surface area contributed by atoms with E-state index in [1.807, 2.05) is 25.1 Å². The fourth-order valence-electron chi connectivity index (χ4n) is 2.28. The predicted molar refractivity (Wildman–Crippen MR) is 70.7 cm³/mol. The molecule has 2 unspecified atom stereocenters. The normalized spacial score (nSPS) is 16.7. The van der Waals surface area contributed by atoms with Gasteiger partial charge in [-0.1, -0.05) is 13.0 Å². The molecule has 2 rings (SSSR count). The van der Waals surface area contributed by atoms with Crippen LogP contribution in [0.25, 0.3) is 0 Å². The van der Waals surface area contributed by atoms with Crippen LogP contribution in [0.5, 0.6) is 11.5 Å². The van der Waals surface area contributed by atoms with Gasteiger partial charge in [-0.3, -0.25) is 4.79 Å². The van der Waals surface area contributed by atoms with Crippen LogP contribution in [-0.4, -0.2) is 30.3 Å². The fraction of sp³-hybridized carbons (Fsp3) is 0.500. The van der Waals surface area contributed by atoms with Crippen LogP contribution in [0.3, 0.4) is 0 Å². The minimum absolute atomic E-state index is 0.0225. The number of carbonyl (C=O) groups is 1. The highest BCUT2D eigenvalue weighted by atomic mass is 16.6. The van der Waals surface area contributed by atoms with Crippen LogP contribution in [-0.2, 0) is 4.79 Å². The Kier molecular flexibility index (Phi) is 4.27. The Bertz CT molecular complexity index is 461. The molecule has 0 saturated heterocycles. The zero-order valence-electron chi connectivity index (χ0n) is 11.0. The van der Waals surface area contributed by atoms with Crippen molar-refractivity contribution in [2.75, 3.05) is 13.2 Å². The molecular formula is C14H19NO4. The highest BCUT2D eigenvalue weighted by Crippen LogP contribution is 2.35. The summed E-state index contributed by atoms with van der Waals surface area (Å²) in [5.41, 5.74) is 6.93.